The van der Waals surface area contributed by atoms with Gasteiger partial charge in [0.05, 0.1) is 13.7 Å². The zero-order valence-electron chi connectivity index (χ0n) is 16.7. The van der Waals surface area contributed by atoms with E-state index in [4.69, 9.17) is 9.47 Å². The van der Waals surface area contributed by atoms with Crippen LogP contribution in [0.4, 0.5) is 4.79 Å². The summed E-state index contributed by atoms with van der Waals surface area (Å²) < 4.78 is 14.8. The average Bonchev–Trinajstić information content (AvgIpc) is 2.63. The largest absolute Gasteiger partial charge is 0.453 e. The number of nitrogens with zero attached hydrogens (tertiary/aromatic N) is 1. The Labute approximate surface area is 155 Å². The van der Waals surface area contributed by atoms with Crippen molar-refractivity contribution in [1.29, 1.82) is 0 Å². The summed E-state index contributed by atoms with van der Waals surface area (Å²) in [6.07, 6.45) is -0.160. The van der Waals surface area contributed by atoms with Gasteiger partial charge in [-0.1, -0.05) is 20.3 Å². The number of amides is 3. The fraction of sp³-hybridized carbons (Fsp3) is 0.824. The molecule has 9 nitrogen and oxygen atoms in total. The van der Waals surface area contributed by atoms with Gasteiger partial charge in [-0.2, -0.15) is 0 Å². The minimum absolute atomic E-state index is 0.0524. The van der Waals surface area contributed by atoms with Crippen LogP contribution in [0.25, 0.3) is 0 Å². The lowest BCUT2D eigenvalue weighted by Crippen LogP contribution is -2.50. The summed E-state index contributed by atoms with van der Waals surface area (Å²) >= 11 is 0. The van der Waals surface area contributed by atoms with Crippen LogP contribution in [-0.4, -0.2) is 76.1 Å². The lowest BCUT2D eigenvalue weighted by atomic mass is 10.1. The van der Waals surface area contributed by atoms with Gasteiger partial charge in [-0.3, -0.25) is 9.59 Å². The maximum absolute atomic E-state index is 12.7. The second-order valence-electron chi connectivity index (χ2n) is 6.12. The molecule has 0 saturated heterocycles. The summed E-state index contributed by atoms with van der Waals surface area (Å²) in [5, 5.41) is 5.06. The second kappa shape index (κ2) is 13.3. The third-order valence-corrected chi connectivity index (χ3v) is 3.99. The highest BCUT2D eigenvalue weighted by atomic mass is 16.7. The van der Waals surface area contributed by atoms with Crippen LogP contribution in [0.2, 0.25) is 0 Å². The minimum atomic E-state index is -0.695. The molecule has 3 amide bonds. The molecule has 0 aromatic carbocycles. The van der Waals surface area contributed by atoms with E-state index >= 15 is 0 Å². The molecule has 0 spiro atoms. The summed E-state index contributed by atoms with van der Waals surface area (Å²) in [7, 11) is 4.27. The zero-order chi connectivity index (χ0) is 20.1. The van der Waals surface area contributed by atoms with Crippen LogP contribution >= 0.6 is 0 Å². The molecule has 2 atom stereocenters. The molecule has 0 rings (SSSR count). The Morgan fingerprint density at radius 2 is 1.65 bits per heavy atom. The van der Waals surface area contributed by atoms with E-state index in [1.165, 1.54) is 21.3 Å². The van der Waals surface area contributed by atoms with Gasteiger partial charge < -0.3 is 29.7 Å². The molecule has 0 aliphatic rings. The van der Waals surface area contributed by atoms with Gasteiger partial charge in [0.2, 0.25) is 11.8 Å². The summed E-state index contributed by atoms with van der Waals surface area (Å²) in [5.41, 5.74) is 0. The van der Waals surface area contributed by atoms with E-state index < -0.39 is 18.4 Å². The fourth-order valence-corrected chi connectivity index (χ4v) is 2.18. The number of ether oxygens (including phenoxy) is 3. The Balaban J connectivity index is 4.70. The van der Waals surface area contributed by atoms with Crippen molar-refractivity contribution < 1.29 is 28.6 Å². The van der Waals surface area contributed by atoms with Gasteiger partial charge in [-0.25, -0.2) is 4.79 Å². The lowest BCUT2D eigenvalue weighted by molar-refractivity contribution is -0.148. The normalized spacial score (nSPS) is 13.0. The number of carbonyl (C=O) groups excluding carboxylic acids is 3. The number of nitrogens with one attached hydrogen (secondary N) is 2. The van der Waals surface area contributed by atoms with E-state index in [1.54, 1.807) is 11.8 Å². The Bertz CT molecular complexity index is 442. The van der Waals surface area contributed by atoms with E-state index in [2.05, 4.69) is 29.2 Å². The van der Waals surface area contributed by atoms with Crippen molar-refractivity contribution in [3.63, 3.8) is 0 Å². The first-order valence-corrected chi connectivity index (χ1v) is 8.74. The van der Waals surface area contributed by atoms with Crippen LogP contribution in [0.3, 0.4) is 0 Å². The van der Waals surface area contributed by atoms with Gasteiger partial charge in [0.25, 0.3) is 0 Å². The molecule has 0 bridgehead atoms. The number of carbonyl (C=O) groups is 3. The van der Waals surface area contributed by atoms with E-state index in [0.717, 1.165) is 6.42 Å². The van der Waals surface area contributed by atoms with Crippen LogP contribution in [0.5, 0.6) is 0 Å². The number of hydrogen-bond acceptors (Lipinski definition) is 6. The molecule has 0 aliphatic carbocycles. The third-order valence-electron chi connectivity index (χ3n) is 3.99. The number of rotatable bonds is 12. The molecule has 0 radical (unpaired) electrons. The Kier molecular flexibility index (Phi) is 12.4. The topological polar surface area (TPSA) is 106 Å². The standard InChI is InChI=1S/C17H33N3O6/c1-7-12(2)10-20(11-15(24-4)25-5)16(22)13(3)19-14(21)8-9-18-17(23)26-6/h12-13,15H,7-11H2,1-6H3,(H,18,23)(H,19,21). The van der Waals surface area contributed by atoms with Crippen molar-refractivity contribution in [1.82, 2.24) is 15.5 Å². The van der Waals surface area contributed by atoms with Crippen LogP contribution < -0.4 is 10.6 Å². The van der Waals surface area contributed by atoms with E-state index in [9.17, 15) is 14.4 Å². The molecule has 9 heteroatoms. The fourth-order valence-electron chi connectivity index (χ4n) is 2.18. The molecule has 0 aromatic rings. The monoisotopic (exact) mass is 375 g/mol. The Morgan fingerprint density at radius 1 is 1.04 bits per heavy atom. The van der Waals surface area contributed by atoms with Gasteiger partial charge in [0.15, 0.2) is 6.29 Å². The van der Waals surface area contributed by atoms with Crippen molar-refractivity contribution in [3.05, 3.63) is 0 Å². The first-order chi connectivity index (χ1) is 12.3. The lowest BCUT2D eigenvalue weighted by Gasteiger charge is -2.30. The van der Waals surface area contributed by atoms with Gasteiger partial charge in [-0.15, -0.1) is 0 Å². The molecule has 0 aromatic heterocycles. The molecule has 2 unspecified atom stereocenters. The van der Waals surface area contributed by atoms with Crippen LogP contribution in [0.1, 0.15) is 33.6 Å². The number of alkyl carbamates (subject to hydrolysis) is 1. The van der Waals surface area contributed by atoms with Gasteiger partial charge in [0, 0.05) is 33.7 Å². The van der Waals surface area contributed by atoms with Crippen LogP contribution in [0.15, 0.2) is 0 Å². The maximum Gasteiger partial charge on any atom is 0.406 e. The maximum atomic E-state index is 12.7. The molecule has 0 heterocycles. The van der Waals surface area contributed by atoms with Crippen molar-refractivity contribution in [2.45, 2.75) is 45.9 Å². The predicted molar refractivity (Wildman–Crippen MR) is 96.5 cm³/mol. The minimum Gasteiger partial charge on any atom is -0.453 e. The van der Waals surface area contributed by atoms with Crippen LogP contribution in [0, 0.1) is 5.92 Å². The van der Waals surface area contributed by atoms with Crippen molar-refractivity contribution in [3.8, 4) is 0 Å². The summed E-state index contributed by atoms with van der Waals surface area (Å²) in [6, 6.07) is -0.695. The highest BCUT2D eigenvalue weighted by Crippen LogP contribution is 2.08. The van der Waals surface area contributed by atoms with Crippen molar-refractivity contribution in [2.75, 3.05) is 41.0 Å². The van der Waals surface area contributed by atoms with E-state index in [1.807, 2.05) is 0 Å². The Morgan fingerprint density at radius 3 is 2.15 bits per heavy atom. The molecular weight excluding hydrogens is 342 g/mol. The average molecular weight is 375 g/mol. The van der Waals surface area contributed by atoms with Gasteiger partial charge in [0.1, 0.15) is 6.04 Å². The van der Waals surface area contributed by atoms with Crippen molar-refractivity contribution >= 4 is 17.9 Å². The predicted octanol–water partition coefficient (Wildman–Crippen LogP) is 0.731. The SMILES string of the molecule is CCC(C)CN(CC(OC)OC)C(=O)C(C)NC(=O)CCNC(=O)OC. The second-order valence-corrected chi connectivity index (χ2v) is 6.12. The van der Waals surface area contributed by atoms with E-state index in [0.29, 0.717) is 12.5 Å². The highest BCUT2D eigenvalue weighted by molar-refractivity contribution is 5.87. The summed E-state index contributed by atoms with van der Waals surface area (Å²) in [4.78, 5) is 37.3. The van der Waals surface area contributed by atoms with Gasteiger partial charge in [-0.05, 0) is 12.8 Å². The molecule has 26 heavy (non-hydrogen) atoms. The zero-order valence-corrected chi connectivity index (χ0v) is 16.7. The van der Waals surface area contributed by atoms with Crippen molar-refractivity contribution in [2.24, 2.45) is 5.92 Å². The first-order valence-electron chi connectivity index (χ1n) is 8.74. The number of methoxy groups -OCH3 is 3. The molecule has 152 valence electrons. The quantitative estimate of drug-likeness (QED) is 0.487. The molecule has 0 fully saturated rings. The summed E-state index contributed by atoms with van der Waals surface area (Å²) in [5.74, 6) is -0.236. The molecule has 2 N–H and O–H groups in total. The van der Waals surface area contributed by atoms with E-state index in [-0.39, 0.29) is 31.3 Å². The summed E-state index contributed by atoms with van der Waals surface area (Å²) in [6.45, 7) is 6.69. The number of hydrogen-bond donors (Lipinski definition) is 2. The molecular formula is C17H33N3O6. The smallest absolute Gasteiger partial charge is 0.406 e. The highest BCUT2D eigenvalue weighted by Gasteiger charge is 2.25. The van der Waals surface area contributed by atoms with Gasteiger partial charge >= 0.3 is 6.09 Å². The Hall–Kier alpha value is -1.87. The molecule has 0 saturated carbocycles. The molecule has 0 aliphatic heterocycles. The third kappa shape index (κ3) is 9.57. The van der Waals surface area contributed by atoms with Crippen LogP contribution in [-0.2, 0) is 23.8 Å². The first kappa shape index (κ1) is 24.1.